The molecule has 0 fully saturated rings. The van der Waals surface area contributed by atoms with Crippen molar-refractivity contribution in [1.29, 1.82) is 0 Å². The molecule has 3 rings (SSSR count). The third-order valence-corrected chi connectivity index (χ3v) is 4.37. The van der Waals surface area contributed by atoms with Crippen molar-refractivity contribution in [2.24, 2.45) is 5.73 Å². The van der Waals surface area contributed by atoms with E-state index < -0.39 is 6.10 Å². The SMILES string of the molecule is NCc1nn(CCc2ccc(Cl)cc2)c2c1C(O)CCC2. The van der Waals surface area contributed by atoms with E-state index in [0.717, 1.165) is 54.2 Å². The molecule has 1 aliphatic rings. The Hall–Kier alpha value is -1.36. The van der Waals surface area contributed by atoms with E-state index in [1.165, 1.54) is 5.56 Å². The number of fused-ring (bicyclic) bond motifs is 1. The lowest BCUT2D eigenvalue weighted by atomic mass is 9.93. The molecule has 1 aliphatic carbocycles. The van der Waals surface area contributed by atoms with Crippen LogP contribution in [0.4, 0.5) is 0 Å². The first-order valence-electron chi connectivity index (χ1n) is 7.40. The molecule has 0 spiro atoms. The van der Waals surface area contributed by atoms with Gasteiger partial charge < -0.3 is 10.8 Å². The van der Waals surface area contributed by atoms with Crippen LogP contribution in [0.3, 0.4) is 0 Å². The summed E-state index contributed by atoms with van der Waals surface area (Å²) < 4.78 is 2.02. The zero-order chi connectivity index (χ0) is 14.8. The van der Waals surface area contributed by atoms with Crippen molar-refractivity contribution in [2.45, 2.75) is 44.9 Å². The smallest absolute Gasteiger partial charge is 0.0826 e. The Balaban J connectivity index is 1.81. The Morgan fingerprint density at radius 3 is 2.81 bits per heavy atom. The van der Waals surface area contributed by atoms with Crippen molar-refractivity contribution in [3.05, 3.63) is 51.8 Å². The molecule has 1 heterocycles. The second kappa shape index (κ2) is 6.18. The number of hydrogen-bond acceptors (Lipinski definition) is 3. The van der Waals surface area contributed by atoms with Crippen LogP contribution in [0, 0.1) is 0 Å². The quantitative estimate of drug-likeness (QED) is 0.912. The number of benzene rings is 1. The molecule has 3 N–H and O–H groups in total. The Bertz CT molecular complexity index is 621. The van der Waals surface area contributed by atoms with E-state index in [9.17, 15) is 5.11 Å². The van der Waals surface area contributed by atoms with E-state index in [4.69, 9.17) is 17.3 Å². The molecule has 4 nitrogen and oxygen atoms in total. The summed E-state index contributed by atoms with van der Waals surface area (Å²) in [4.78, 5) is 0. The van der Waals surface area contributed by atoms with Crippen LogP contribution in [-0.4, -0.2) is 14.9 Å². The molecule has 1 aromatic carbocycles. The molecule has 1 aromatic heterocycles. The molecule has 0 radical (unpaired) electrons. The fraction of sp³-hybridized carbons (Fsp3) is 0.438. The third-order valence-electron chi connectivity index (χ3n) is 4.12. The van der Waals surface area contributed by atoms with Gasteiger partial charge in [0.25, 0.3) is 0 Å². The maximum atomic E-state index is 10.2. The van der Waals surface area contributed by atoms with Gasteiger partial charge in [0.05, 0.1) is 11.8 Å². The summed E-state index contributed by atoms with van der Waals surface area (Å²) >= 11 is 5.90. The topological polar surface area (TPSA) is 64.1 Å². The van der Waals surface area contributed by atoms with Gasteiger partial charge in [-0.05, 0) is 43.4 Å². The summed E-state index contributed by atoms with van der Waals surface area (Å²) in [6, 6.07) is 7.89. The minimum atomic E-state index is -0.406. The first kappa shape index (κ1) is 14.6. The molecule has 21 heavy (non-hydrogen) atoms. The lowest BCUT2D eigenvalue weighted by Gasteiger charge is -2.19. The maximum Gasteiger partial charge on any atom is 0.0826 e. The van der Waals surface area contributed by atoms with E-state index in [0.29, 0.717) is 6.54 Å². The predicted molar refractivity (Wildman–Crippen MR) is 83.2 cm³/mol. The van der Waals surface area contributed by atoms with Crippen molar-refractivity contribution in [1.82, 2.24) is 9.78 Å². The van der Waals surface area contributed by atoms with E-state index in [-0.39, 0.29) is 0 Å². The van der Waals surface area contributed by atoms with Crippen LogP contribution in [0.15, 0.2) is 24.3 Å². The number of nitrogens with two attached hydrogens (primary N) is 1. The second-order valence-electron chi connectivity index (χ2n) is 5.52. The lowest BCUT2D eigenvalue weighted by Crippen LogP contribution is -2.14. The number of halogens is 1. The van der Waals surface area contributed by atoms with Gasteiger partial charge in [0.15, 0.2) is 0 Å². The van der Waals surface area contributed by atoms with Gasteiger partial charge in [0.1, 0.15) is 0 Å². The van der Waals surface area contributed by atoms with Crippen LogP contribution in [0.25, 0.3) is 0 Å². The molecule has 1 atom stereocenters. The average Bonchev–Trinajstić information content (AvgIpc) is 2.86. The molecule has 0 bridgehead atoms. The van der Waals surface area contributed by atoms with Gasteiger partial charge in [-0.15, -0.1) is 0 Å². The first-order valence-corrected chi connectivity index (χ1v) is 7.78. The van der Waals surface area contributed by atoms with Crippen molar-refractivity contribution in [2.75, 3.05) is 0 Å². The maximum absolute atomic E-state index is 10.2. The fourth-order valence-corrected chi connectivity index (χ4v) is 3.17. The number of rotatable bonds is 4. The highest BCUT2D eigenvalue weighted by Gasteiger charge is 2.26. The van der Waals surface area contributed by atoms with E-state index >= 15 is 0 Å². The molecule has 2 aromatic rings. The van der Waals surface area contributed by atoms with Crippen LogP contribution in [0.2, 0.25) is 5.02 Å². The number of aryl methyl sites for hydroxylation is 2. The molecule has 0 saturated carbocycles. The highest BCUT2D eigenvalue weighted by molar-refractivity contribution is 6.30. The van der Waals surface area contributed by atoms with E-state index in [2.05, 4.69) is 5.10 Å². The van der Waals surface area contributed by atoms with Crippen molar-refractivity contribution < 1.29 is 5.11 Å². The average molecular weight is 306 g/mol. The van der Waals surface area contributed by atoms with Gasteiger partial charge in [-0.1, -0.05) is 23.7 Å². The van der Waals surface area contributed by atoms with Crippen LogP contribution in [0.1, 0.15) is 41.5 Å². The number of aliphatic hydroxyl groups excluding tert-OH is 1. The Labute approximate surface area is 129 Å². The monoisotopic (exact) mass is 305 g/mol. The Morgan fingerprint density at radius 1 is 1.33 bits per heavy atom. The number of hydrogen-bond donors (Lipinski definition) is 2. The third kappa shape index (κ3) is 2.98. The molecular formula is C16H20ClN3O. The molecule has 0 saturated heterocycles. The second-order valence-corrected chi connectivity index (χ2v) is 5.96. The predicted octanol–water partition coefficient (Wildman–Crippen LogP) is 2.61. The Morgan fingerprint density at radius 2 is 2.10 bits per heavy atom. The lowest BCUT2D eigenvalue weighted by molar-refractivity contribution is 0.154. The highest BCUT2D eigenvalue weighted by Crippen LogP contribution is 2.32. The molecular weight excluding hydrogens is 286 g/mol. The summed E-state index contributed by atoms with van der Waals surface area (Å²) in [6.07, 6.45) is 3.27. The van der Waals surface area contributed by atoms with Gasteiger partial charge in [-0.2, -0.15) is 5.10 Å². The summed E-state index contributed by atoms with van der Waals surface area (Å²) in [7, 11) is 0. The van der Waals surface area contributed by atoms with Crippen molar-refractivity contribution >= 4 is 11.6 Å². The van der Waals surface area contributed by atoms with Crippen LogP contribution < -0.4 is 5.73 Å². The summed E-state index contributed by atoms with van der Waals surface area (Å²) in [5.41, 5.74) is 9.97. The zero-order valence-electron chi connectivity index (χ0n) is 11.9. The fourth-order valence-electron chi connectivity index (χ4n) is 3.04. The Kier molecular flexibility index (Phi) is 4.29. The minimum absolute atomic E-state index is 0.382. The van der Waals surface area contributed by atoms with Gasteiger partial charge >= 0.3 is 0 Å². The highest BCUT2D eigenvalue weighted by atomic mass is 35.5. The molecule has 1 unspecified atom stereocenters. The van der Waals surface area contributed by atoms with Crippen molar-refractivity contribution in [3.63, 3.8) is 0 Å². The zero-order valence-corrected chi connectivity index (χ0v) is 12.7. The minimum Gasteiger partial charge on any atom is -0.388 e. The van der Waals surface area contributed by atoms with Gasteiger partial charge in [0.2, 0.25) is 0 Å². The van der Waals surface area contributed by atoms with Crippen LogP contribution >= 0.6 is 11.6 Å². The normalized spacial score (nSPS) is 17.8. The number of nitrogens with zero attached hydrogens (tertiary/aromatic N) is 2. The number of aliphatic hydroxyl groups is 1. The van der Waals surface area contributed by atoms with Crippen LogP contribution in [0.5, 0.6) is 0 Å². The van der Waals surface area contributed by atoms with E-state index in [1.54, 1.807) is 0 Å². The van der Waals surface area contributed by atoms with Crippen molar-refractivity contribution in [3.8, 4) is 0 Å². The molecule has 0 amide bonds. The molecule has 0 aliphatic heterocycles. The first-order chi connectivity index (χ1) is 10.2. The number of aromatic nitrogens is 2. The summed E-state index contributed by atoms with van der Waals surface area (Å²) in [5, 5.41) is 15.5. The summed E-state index contributed by atoms with van der Waals surface area (Å²) in [6.45, 7) is 1.18. The standard InChI is InChI=1S/C16H20ClN3O/c17-12-6-4-11(5-7-12)8-9-20-14-2-1-3-15(21)16(14)13(10-18)19-20/h4-7,15,21H,1-3,8-10,18H2. The molecule has 112 valence electrons. The molecule has 5 heteroatoms. The van der Waals surface area contributed by atoms with Gasteiger partial charge in [0, 0.05) is 29.4 Å². The van der Waals surface area contributed by atoms with Gasteiger partial charge in [-0.3, -0.25) is 4.68 Å². The van der Waals surface area contributed by atoms with Crippen LogP contribution in [-0.2, 0) is 25.9 Å². The van der Waals surface area contributed by atoms with E-state index in [1.807, 2.05) is 28.9 Å². The summed E-state index contributed by atoms with van der Waals surface area (Å²) in [5.74, 6) is 0. The van der Waals surface area contributed by atoms with Gasteiger partial charge in [-0.25, -0.2) is 0 Å². The largest absolute Gasteiger partial charge is 0.388 e.